The fourth-order valence-corrected chi connectivity index (χ4v) is 4.27. The highest BCUT2D eigenvalue weighted by molar-refractivity contribution is 7.91. The van der Waals surface area contributed by atoms with Crippen LogP contribution in [-0.2, 0) is 16.6 Å². The predicted octanol–water partition coefficient (Wildman–Crippen LogP) is 1.42. The van der Waals surface area contributed by atoms with Crippen molar-refractivity contribution in [2.75, 3.05) is 20.6 Å². The molecule has 1 heterocycles. The van der Waals surface area contributed by atoms with Gasteiger partial charge in [-0.15, -0.1) is 11.3 Å². The Morgan fingerprint density at radius 1 is 1.50 bits per heavy atom. The highest BCUT2D eigenvalue weighted by Crippen LogP contribution is 2.27. The van der Waals surface area contributed by atoms with Gasteiger partial charge < -0.3 is 5.32 Å². The van der Waals surface area contributed by atoms with Crippen LogP contribution in [0.1, 0.15) is 17.4 Å². The summed E-state index contributed by atoms with van der Waals surface area (Å²) in [6.07, 6.45) is 0. The number of nitrogens with one attached hydrogen (secondary N) is 1. The lowest BCUT2D eigenvalue weighted by Crippen LogP contribution is -2.25. The van der Waals surface area contributed by atoms with E-state index in [0.717, 1.165) is 10.4 Å². The quantitative estimate of drug-likeness (QED) is 0.873. The zero-order valence-corrected chi connectivity index (χ0v) is 11.7. The summed E-state index contributed by atoms with van der Waals surface area (Å²) in [5.74, 6) is 0. The van der Waals surface area contributed by atoms with Gasteiger partial charge in [-0.1, -0.05) is 6.92 Å². The molecule has 16 heavy (non-hydrogen) atoms. The Hall–Kier alpha value is -0.430. The highest BCUT2D eigenvalue weighted by Gasteiger charge is 2.22. The van der Waals surface area contributed by atoms with Gasteiger partial charge in [0.05, 0.1) is 0 Å². The third-order valence-corrected chi connectivity index (χ3v) is 6.06. The number of nitrogens with zero attached hydrogens (tertiary/aromatic N) is 1. The fraction of sp³-hybridized carbons (Fsp3) is 0.600. The van der Waals surface area contributed by atoms with Crippen molar-refractivity contribution in [3.05, 3.63) is 16.5 Å². The molecule has 0 atom stereocenters. The number of thiophene rings is 1. The zero-order chi connectivity index (χ0) is 12.3. The van der Waals surface area contributed by atoms with Gasteiger partial charge in [0.1, 0.15) is 4.21 Å². The molecule has 1 aromatic heterocycles. The monoisotopic (exact) mass is 262 g/mol. The summed E-state index contributed by atoms with van der Waals surface area (Å²) in [6.45, 7) is 4.96. The molecule has 1 N–H and O–H groups in total. The lowest BCUT2D eigenvalue weighted by Gasteiger charge is -2.12. The lowest BCUT2D eigenvalue weighted by molar-refractivity contribution is 0.488. The van der Waals surface area contributed by atoms with E-state index in [1.165, 1.54) is 15.6 Å². The SMILES string of the molecule is CCN(C)S(=O)(=O)c1cc(C)c(CNC)s1. The molecule has 0 unspecified atom stereocenters. The molecule has 1 aromatic rings. The molecule has 0 saturated heterocycles. The maximum atomic E-state index is 12.0. The first-order valence-electron chi connectivity index (χ1n) is 5.13. The number of hydrogen-bond donors (Lipinski definition) is 1. The first-order chi connectivity index (χ1) is 7.43. The van der Waals surface area contributed by atoms with Gasteiger partial charge in [0, 0.05) is 25.0 Å². The molecule has 1 rings (SSSR count). The van der Waals surface area contributed by atoms with Crippen molar-refractivity contribution in [3.8, 4) is 0 Å². The second-order valence-corrected chi connectivity index (χ2v) is 7.03. The molecule has 92 valence electrons. The number of rotatable bonds is 5. The second-order valence-electron chi connectivity index (χ2n) is 3.62. The predicted molar refractivity (Wildman–Crippen MR) is 67.3 cm³/mol. The van der Waals surface area contributed by atoms with E-state index in [0.29, 0.717) is 17.3 Å². The molecule has 0 radical (unpaired) electrons. The second kappa shape index (κ2) is 5.27. The van der Waals surface area contributed by atoms with Crippen molar-refractivity contribution < 1.29 is 8.42 Å². The van der Waals surface area contributed by atoms with Crippen molar-refractivity contribution in [3.63, 3.8) is 0 Å². The average Bonchev–Trinajstić information content (AvgIpc) is 2.60. The van der Waals surface area contributed by atoms with Gasteiger partial charge in [-0.05, 0) is 25.6 Å². The van der Waals surface area contributed by atoms with Crippen LogP contribution < -0.4 is 5.32 Å². The van der Waals surface area contributed by atoms with Crippen molar-refractivity contribution >= 4 is 21.4 Å². The van der Waals surface area contributed by atoms with E-state index in [1.54, 1.807) is 13.1 Å². The van der Waals surface area contributed by atoms with Gasteiger partial charge in [0.15, 0.2) is 0 Å². The van der Waals surface area contributed by atoms with Crippen LogP contribution in [-0.4, -0.2) is 33.4 Å². The summed E-state index contributed by atoms with van der Waals surface area (Å²) < 4.78 is 25.9. The standard InChI is InChI=1S/C10H18N2O2S2/c1-5-12(4)16(13,14)10-6-8(2)9(15-10)7-11-3/h6,11H,5,7H2,1-4H3. The first kappa shape index (κ1) is 13.6. The molecular formula is C10H18N2O2S2. The number of hydrogen-bond acceptors (Lipinski definition) is 4. The minimum atomic E-state index is -3.28. The Morgan fingerprint density at radius 2 is 2.12 bits per heavy atom. The summed E-state index contributed by atoms with van der Waals surface area (Å²) in [7, 11) is 0.167. The van der Waals surface area contributed by atoms with E-state index in [1.807, 2.05) is 20.9 Å². The van der Waals surface area contributed by atoms with Gasteiger partial charge in [-0.25, -0.2) is 12.7 Å². The van der Waals surface area contributed by atoms with E-state index in [9.17, 15) is 8.42 Å². The van der Waals surface area contributed by atoms with Gasteiger partial charge in [-0.2, -0.15) is 0 Å². The molecule has 0 amide bonds. The molecule has 0 saturated carbocycles. The van der Waals surface area contributed by atoms with Crippen LogP contribution in [0.2, 0.25) is 0 Å². The Balaban J connectivity index is 3.10. The molecule has 0 spiro atoms. The maximum absolute atomic E-state index is 12.0. The van der Waals surface area contributed by atoms with E-state index in [2.05, 4.69) is 5.32 Å². The molecule has 0 fully saturated rings. The molecule has 0 bridgehead atoms. The smallest absolute Gasteiger partial charge is 0.252 e. The Morgan fingerprint density at radius 3 is 2.62 bits per heavy atom. The molecule has 4 nitrogen and oxygen atoms in total. The zero-order valence-electron chi connectivity index (χ0n) is 10.1. The van der Waals surface area contributed by atoms with Crippen LogP contribution in [0, 0.1) is 6.92 Å². The molecule has 6 heteroatoms. The van der Waals surface area contributed by atoms with Crippen molar-refractivity contribution in [1.82, 2.24) is 9.62 Å². The van der Waals surface area contributed by atoms with Crippen molar-refractivity contribution in [1.29, 1.82) is 0 Å². The lowest BCUT2D eigenvalue weighted by atomic mass is 10.3. The van der Waals surface area contributed by atoms with Crippen LogP contribution >= 0.6 is 11.3 Å². The van der Waals surface area contributed by atoms with Gasteiger partial charge in [0.2, 0.25) is 0 Å². The maximum Gasteiger partial charge on any atom is 0.252 e. The van der Waals surface area contributed by atoms with E-state index >= 15 is 0 Å². The van der Waals surface area contributed by atoms with E-state index in [-0.39, 0.29) is 0 Å². The third kappa shape index (κ3) is 2.63. The summed E-state index contributed by atoms with van der Waals surface area (Å²) in [4.78, 5) is 1.07. The van der Waals surface area contributed by atoms with Crippen molar-refractivity contribution in [2.24, 2.45) is 0 Å². The summed E-state index contributed by atoms with van der Waals surface area (Å²) in [5, 5.41) is 3.03. The summed E-state index contributed by atoms with van der Waals surface area (Å²) in [6, 6.07) is 1.75. The van der Waals surface area contributed by atoms with Crippen LogP contribution in [0.5, 0.6) is 0 Å². The molecule has 0 aromatic carbocycles. The topological polar surface area (TPSA) is 49.4 Å². The van der Waals surface area contributed by atoms with E-state index < -0.39 is 10.0 Å². The van der Waals surface area contributed by atoms with Gasteiger partial charge in [0.25, 0.3) is 10.0 Å². The fourth-order valence-electron chi connectivity index (χ4n) is 1.28. The van der Waals surface area contributed by atoms with Crippen LogP contribution in [0.15, 0.2) is 10.3 Å². The van der Waals surface area contributed by atoms with Crippen LogP contribution in [0.3, 0.4) is 0 Å². The Labute approximate surface area is 101 Å². The summed E-state index contributed by atoms with van der Waals surface area (Å²) in [5.41, 5.74) is 1.03. The number of aryl methyl sites for hydroxylation is 1. The van der Waals surface area contributed by atoms with Gasteiger partial charge in [-0.3, -0.25) is 0 Å². The average molecular weight is 262 g/mol. The largest absolute Gasteiger partial charge is 0.315 e. The molecule has 0 aliphatic carbocycles. The van der Waals surface area contributed by atoms with Crippen molar-refractivity contribution in [2.45, 2.75) is 24.6 Å². The molecule has 0 aliphatic heterocycles. The Bertz CT molecular complexity index is 451. The molecule has 0 aliphatic rings. The minimum Gasteiger partial charge on any atom is -0.315 e. The summed E-state index contributed by atoms with van der Waals surface area (Å²) >= 11 is 1.34. The van der Waals surface area contributed by atoms with Crippen LogP contribution in [0.4, 0.5) is 0 Å². The number of sulfonamides is 1. The third-order valence-electron chi connectivity index (χ3n) is 2.45. The first-order valence-corrected chi connectivity index (χ1v) is 7.39. The Kier molecular flexibility index (Phi) is 4.49. The highest BCUT2D eigenvalue weighted by atomic mass is 32.2. The van der Waals surface area contributed by atoms with Crippen LogP contribution in [0.25, 0.3) is 0 Å². The van der Waals surface area contributed by atoms with Gasteiger partial charge >= 0.3 is 0 Å². The minimum absolute atomic E-state index is 0.430. The normalized spacial score (nSPS) is 12.3. The van der Waals surface area contributed by atoms with E-state index in [4.69, 9.17) is 0 Å². The molecular weight excluding hydrogens is 244 g/mol.